The summed E-state index contributed by atoms with van der Waals surface area (Å²) in [7, 11) is -4.78. The Balaban J connectivity index is 1.63. The third-order valence-corrected chi connectivity index (χ3v) is 6.76. The number of alkyl halides is 3. The van der Waals surface area contributed by atoms with E-state index in [1.807, 2.05) is 6.07 Å². The van der Waals surface area contributed by atoms with Crippen molar-refractivity contribution in [3.05, 3.63) is 58.6 Å². The highest BCUT2D eigenvalue weighted by Gasteiger charge is 2.35. The van der Waals surface area contributed by atoms with Gasteiger partial charge >= 0.3 is 14.0 Å². The van der Waals surface area contributed by atoms with Crippen molar-refractivity contribution in [1.29, 1.82) is 5.26 Å². The molecule has 4 N–H and O–H groups in total. The number of aromatic nitrogens is 2. The number of ether oxygens (including phenoxy) is 2. The number of nitriles is 1. The van der Waals surface area contributed by atoms with Crippen molar-refractivity contribution in [3.8, 4) is 28.1 Å². The molecule has 15 heteroatoms. The van der Waals surface area contributed by atoms with Crippen LogP contribution in [-0.2, 0) is 20.8 Å². The summed E-state index contributed by atoms with van der Waals surface area (Å²) in [5, 5.41) is 17.1. The van der Waals surface area contributed by atoms with Gasteiger partial charge in [-0.15, -0.1) is 10.2 Å². The SMILES string of the molecule is C[C@](N)(COP(=O)(O)O)c1nnc(-c2ccc(OCCCCOc3ccccc3C#N)c(C(F)(F)F)c2)s1. The molecule has 0 bridgehead atoms. The largest absolute Gasteiger partial charge is 0.493 e. The van der Waals surface area contributed by atoms with E-state index in [0.29, 0.717) is 24.2 Å². The van der Waals surface area contributed by atoms with Gasteiger partial charge in [-0.1, -0.05) is 23.5 Å². The van der Waals surface area contributed by atoms with Crippen LogP contribution in [0.2, 0.25) is 0 Å². The molecular formula is C23H24F3N4O6PS. The molecule has 3 rings (SSSR count). The van der Waals surface area contributed by atoms with E-state index in [2.05, 4.69) is 14.7 Å². The number of nitrogens with two attached hydrogens (primary N) is 1. The van der Waals surface area contributed by atoms with E-state index >= 15 is 0 Å². The van der Waals surface area contributed by atoms with Gasteiger partial charge in [-0.3, -0.25) is 4.52 Å². The normalized spacial score (nSPS) is 13.5. The highest BCUT2D eigenvalue weighted by molar-refractivity contribution is 7.46. The number of phosphoric acid groups is 1. The summed E-state index contributed by atoms with van der Waals surface area (Å²) in [4.78, 5) is 17.8. The molecule has 1 heterocycles. The Hall–Kier alpha value is -3.05. The van der Waals surface area contributed by atoms with Crippen LogP contribution in [0.4, 0.5) is 13.2 Å². The molecule has 204 valence electrons. The van der Waals surface area contributed by atoms with Crippen molar-refractivity contribution in [2.45, 2.75) is 31.5 Å². The Labute approximate surface area is 220 Å². The van der Waals surface area contributed by atoms with Crippen LogP contribution >= 0.6 is 19.2 Å². The molecule has 0 saturated heterocycles. The summed E-state index contributed by atoms with van der Waals surface area (Å²) in [6.45, 7) is 1.10. The molecule has 0 radical (unpaired) electrons. The second kappa shape index (κ2) is 12.2. The van der Waals surface area contributed by atoms with Crippen molar-refractivity contribution >= 4 is 19.2 Å². The van der Waals surface area contributed by atoms with Crippen molar-refractivity contribution < 1.29 is 41.5 Å². The molecule has 0 saturated carbocycles. The van der Waals surface area contributed by atoms with Crippen molar-refractivity contribution in [1.82, 2.24) is 10.2 Å². The predicted molar refractivity (Wildman–Crippen MR) is 131 cm³/mol. The van der Waals surface area contributed by atoms with E-state index in [-0.39, 0.29) is 34.5 Å². The molecule has 0 amide bonds. The van der Waals surface area contributed by atoms with Crippen molar-refractivity contribution in [2.75, 3.05) is 19.8 Å². The van der Waals surface area contributed by atoms with Gasteiger partial charge in [0.1, 0.15) is 27.6 Å². The van der Waals surface area contributed by atoms with Crippen molar-refractivity contribution in [2.24, 2.45) is 5.73 Å². The molecular weight excluding hydrogens is 548 g/mol. The van der Waals surface area contributed by atoms with Gasteiger partial charge in [0.05, 0.1) is 36.5 Å². The first-order valence-corrected chi connectivity index (χ1v) is 13.4. The van der Waals surface area contributed by atoms with Gasteiger partial charge in [0.25, 0.3) is 0 Å². The molecule has 1 aromatic heterocycles. The fourth-order valence-electron chi connectivity index (χ4n) is 3.11. The average molecular weight is 573 g/mol. The van der Waals surface area contributed by atoms with Crippen molar-refractivity contribution in [3.63, 3.8) is 0 Å². The Kier molecular flexibility index (Phi) is 9.48. The molecule has 0 spiro atoms. The lowest BCUT2D eigenvalue weighted by Gasteiger charge is -2.21. The summed E-state index contributed by atoms with van der Waals surface area (Å²) in [6.07, 6.45) is -3.79. The maximum atomic E-state index is 13.8. The zero-order valence-electron chi connectivity index (χ0n) is 20.0. The Morgan fingerprint density at radius 1 is 1.08 bits per heavy atom. The van der Waals surface area contributed by atoms with E-state index in [9.17, 15) is 17.7 Å². The number of nitrogens with zero attached hydrogens (tertiary/aromatic N) is 3. The minimum Gasteiger partial charge on any atom is -0.493 e. The standard InChI is InChI=1S/C23H24F3N4O6PS/c1-22(28,14-36-37(31,32)33)21-30-29-20(38-21)15-8-9-19(17(12-15)23(24,25)26)35-11-5-4-10-34-18-7-3-2-6-16(18)13-27/h2-3,6-9,12H,4-5,10-11,14,28H2,1H3,(H2,31,32,33)/t22-/m0/s1. The molecule has 1 atom stereocenters. The van der Waals surface area contributed by atoms with Crippen LogP contribution in [0.15, 0.2) is 42.5 Å². The minimum absolute atomic E-state index is 0.0136. The molecule has 0 fully saturated rings. The molecule has 0 aliphatic carbocycles. The third-order valence-electron chi connectivity index (χ3n) is 5.04. The monoisotopic (exact) mass is 572 g/mol. The highest BCUT2D eigenvalue weighted by atomic mass is 32.1. The molecule has 0 aliphatic heterocycles. The van der Waals surface area contributed by atoms with Gasteiger partial charge in [0.15, 0.2) is 0 Å². The van der Waals surface area contributed by atoms with Crippen LogP contribution in [0.1, 0.15) is 35.9 Å². The van der Waals surface area contributed by atoms with E-state index < -0.39 is 31.7 Å². The quantitative estimate of drug-likeness (QED) is 0.206. The molecule has 38 heavy (non-hydrogen) atoms. The van der Waals surface area contributed by atoms with Crippen LogP contribution in [0.3, 0.4) is 0 Å². The Bertz CT molecular complexity index is 1340. The van der Waals surface area contributed by atoms with Crippen LogP contribution in [-0.4, -0.2) is 39.8 Å². The molecule has 0 aliphatic rings. The lowest BCUT2D eigenvalue weighted by atomic mass is 10.1. The smallest absolute Gasteiger partial charge is 0.469 e. The van der Waals surface area contributed by atoms with E-state index in [4.69, 9.17) is 30.3 Å². The number of unbranched alkanes of at least 4 members (excludes halogenated alkanes) is 1. The summed E-state index contributed by atoms with van der Waals surface area (Å²) in [5.41, 5.74) is 4.09. The first kappa shape index (κ1) is 29.5. The fourth-order valence-corrected chi connectivity index (χ4v) is 4.43. The van der Waals surface area contributed by atoms with Crippen LogP contribution in [0, 0.1) is 11.3 Å². The lowest BCUT2D eigenvalue weighted by Crippen LogP contribution is -2.37. The van der Waals surface area contributed by atoms with Gasteiger partial charge in [-0.2, -0.15) is 18.4 Å². The number of rotatable bonds is 12. The van der Waals surface area contributed by atoms with Gasteiger partial charge in [0, 0.05) is 5.56 Å². The van der Waals surface area contributed by atoms with E-state index in [1.165, 1.54) is 19.1 Å². The number of phosphoric ester groups is 1. The lowest BCUT2D eigenvalue weighted by molar-refractivity contribution is -0.138. The molecule has 3 aromatic rings. The third kappa shape index (κ3) is 8.22. The number of para-hydroxylation sites is 1. The van der Waals surface area contributed by atoms with E-state index in [1.54, 1.807) is 24.3 Å². The van der Waals surface area contributed by atoms with Gasteiger partial charge in [0.2, 0.25) is 0 Å². The first-order valence-electron chi connectivity index (χ1n) is 11.1. The molecule has 10 nitrogen and oxygen atoms in total. The maximum Gasteiger partial charge on any atom is 0.469 e. The van der Waals surface area contributed by atoms with Crippen LogP contribution in [0.25, 0.3) is 10.6 Å². The average Bonchev–Trinajstić information content (AvgIpc) is 3.36. The van der Waals surface area contributed by atoms with Gasteiger partial charge in [-0.05, 0) is 50.1 Å². The summed E-state index contributed by atoms with van der Waals surface area (Å²) in [6, 6.07) is 12.2. The number of halogens is 3. The highest BCUT2D eigenvalue weighted by Crippen LogP contribution is 2.41. The zero-order chi connectivity index (χ0) is 28.0. The summed E-state index contributed by atoms with van der Waals surface area (Å²) in [5.74, 6) is 0.0930. The number of hydrogen-bond acceptors (Lipinski definition) is 9. The van der Waals surface area contributed by atoms with Crippen LogP contribution in [0.5, 0.6) is 11.5 Å². The predicted octanol–water partition coefficient (Wildman–Crippen LogP) is 4.62. The second-order valence-corrected chi connectivity index (χ2v) is 10.5. The fraction of sp³-hybridized carbons (Fsp3) is 0.348. The minimum atomic E-state index is -4.78. The zero-order valence-corrected chi connectivity index (χ0v) is 21.7. The number of benzene rings is 2. The first-order chi connectivity index (χ1) is 17.8. The van der Waals surface area contributed by atoms with Crippen LogP contribution < -0.4 is 15.2 Å². The summed E-state index contributed by atoms with van der Waals surface area (Å²) < 4.78 is 67.7. The van der Waals surface area contributed by atoms with E-state index in [0.717, 1.165) is 17.4 Å². The summed E-state index contributed by atoms with van der Waals surface area (Å²) >= 11 is 0.874. The maximum absolute atomic E-state index is 13.8. The van der Waals surface area contributed by atoms with Gasteiger partial charge in [-0.25, -0.2) is 4.57 Å². The second-order valence-electron chi connectivity index (χ2n) is 8.31. The Morgan fingerprint density at radius 3 is 2.37 bits per heavy atom. The van der Waals surface area contributed by atoms with Gasteiger partial charge < -0.3 is 25.0 Å². The molecule has 2 aromatic carbocycles. The number of hydrogen-bond donors (Lipinski definition) is 3. The molecule has 0 unspecified atom stereocenters. The Morgan fingerprint density at radius 2 is 1.74 bits per heavy atom. The topological polar surface area (TPSA) is 161 Å².